The minimum absolute atomic E-state index is 0.278. The number of fused-ring (bicyclic) bond motifs is 1. The summed E-state index contributed by atoms with van der Waals surface area (Å²) in [6.45, 7) is 2.98. The fraction of sp³-hybridized carbons (Fsp3) is 0.588. The molecule has 0 unspecified atom stereocenters. The Balaban J connectivity index is 1.48. The quantitative estimate of drug-likeness (QED) is 0.631. The fourth-order valence-electron chi connectivity index (χ4n) is 3.55. The molecule has 1 aromatic rings. The molecule has 2 aliphatic rings. The molecule has 2 saturated heterocycles. The van der Waals surface area contributed by atoms with Crippen LogP contribution in [-0.2, 0) is 9.53 Å². The third kappa shape index (κ3) is 3.76. The zero-order valence-electron chi connectivity index (χ0n) is 12.4. The van der Waals surface area contributed by atoms with Crippen molar-refractivity contribution in [2.45, 2.75) is 38.1 Å². The predicted molar refractivity (Wildman–Crippen MR) is 80.6 cm³/mol. The van der Waals surface area contributed by atoms with Gasteiger partial charge in [0, 0.05) is 18.0 Å². The Kier molecular flexibility index (Phi) is 4.76. The van der Waals surface area contributed by atoms with Gasteiger partial charge in [-0.3, -0.25) is 4.90 Å². The molecule has 2 aliphatic heterocycles. The highest BCUT2D eigenvalue weighted by Crippen LogP contribution is 2.30. The van der Waals surface area contributed by atoms with Gasteiger partial charge in [0.2, 0.25) is 0 Å². The van der Waals surface area contributed by atoms with Crippen molar-refractivity contribution in [3.63, 3.8) is 0 Å². The minimum atomic E-state index is -0.278. The van der Waals surface area contributed by atoms with Crippen molar-refractivity contribution in [1.82, 2.24) is 4.90 Å². The van der Waals surface area contributed by atoms with E-state index in [0.29, 0.717) is 24.3 Å². The van der Waals surface area contributed by atoms with E-state index >= 15 is 0 Å². The summed E-state index contributed by atoms with van der Waals surface area (Å²) in [4.78, 5) is 14.4. The maximum Gasteiger partial charge on any atom is 0.330 e. The monoisotopic (exact) mass is 289 g/mol. The molecule has 0 radical (unpaired) electrons. The number of esters is 1. The minimum Gasteiger partial charge on any atom is -0.465 e. The Morgan fingerprint density at radius 2 is 2.24 bits per heavy atom. The highest BCUT2D eigenvalue weighted by Gasteiger charge is 2.33. The molecule has 0 saturated carbocycles. The third-order valence-corrected chi connectivity index (χ3v) is 4.60. The van der Waals surface area contributed by atoms with Crippen molar-refractivity contribution in [2.24, 2.45) is 5.92 Å². The lowest BCUT2D eigenvalue weighted by Gasteiger charge is -2.44. The third-order valence-electron chi connectivity index (χ3n) is 4.60. The molecule has 114 valence electrons. The van der Waals surface area contributed by atoms with Crippen molar-refractivity contribution in [2.75, 3.05) is 19.7 Å². The predicted octanol–water partition coefficient (Wildman–Crippen LogP) is 3.10. The molecule has 0 bridgehead atoms. The van der Waals surface area contributed by atoms with E-state index in [9.17, 15) is 4.79 Å². The molecule has 21 heavy (non-hydrogen) atoms. The van der Waals surface area contributed by atoms with Gasteiger partial charge in [0.05, 0.1) is 12.9 Å². The molecule has 1 aromatic heterocycles. The summed E-state index contributed by atoms with van der Waals surface area (Å²) in [6, 6.07) is 4.23. The summed E-state index contributed by atoms with van der Waals surface area (Å²) >= 11 is 0. The Morgan fingerprint density at radius 1 is 1.33 bits per heavy atom. The molecular formula is C17H23NO3. The molecule has 3 rings (SSSR count). The smallest absolute Gasteiger partial charge is 0.330 e. The first-order chi connectivity index (χ1) is 10.3. The standard InChI is InChI=1S/C17H23NO3/c19-17(9-8-15-6-4-12-20-15)21-13-14-5-3-11-18-10-2-1-7-16(14)18/h4,6,8-9,12,14,16H,1-3,5,7,10-11,13H2/b9-8+/t14-,16-/m1/s1. The van der Waals surface area contributed by atoms with Crippen molar-refractivity contribution in [3.05, 3.63) is 30.2 Å². The van der Waals surface area contributed by atoms with Gasteiger partial charge in [0.1, 0.15) is 5.76 Å². The largest absolute Gasteiger partial charge is 0.465 e. The lowest BCUT2D eigenvalue weighted by atomic mass is 9.84. The van der Waals surface area contributed by atoms with E-state index < -0.39 is 0 Å². The van der Waals surface area contributed by atoms with Gasteiger partial charge in [-0.25, -0.2) is 4.79 Å². The van der Waals surface area contributed by atoms with Crippen molar-refractivity contribution < 1.29 is 13.9 Å². The number of furan rings is 1. The van der Waals surface area contributed by atoms with Crippen LogP contribution in [0.5, 0.6) is 0 Å². The molecule has 4 heteroatoms. The van der Waals surface area contributed by atoms with E-state index in [1.165, 1.54) is 51.3 Å². The van der Waals surface area contributed by atoms with Crippen LogP contribution < -0.4 is 0 Å². The topological polar surface area (TPSA) is 42.7 Å². The SMILES string of the molecule is O=C(/C=C/c1ccco1)OC[C@H]1CCCN2CCCC[C@H]12. The first-order valence-corrected chi connectivity index (χ1v) is 7.95. The number of hydrogen-bond acceptors (Lipinski definition) is 4. The summed E-state index contributed by atoms with van der Waals surface area (Å²) in [7, 11) is 0. The van der Waals surface area contributed by atoms with Gasteiger partial charge in [-0.2, -0.15) is 0 Å². The van der Waals surface area contributed by atoms with Gasteiger partial charge in [-0.1, -0.05) is 6.42 Å². The molecule has 0 aromatic carbocycles. The Hall–Kier alpha value is -1.55. The van der Waals surface area contributed by atoms with Crippen LogP contribution in [0.25, 0.3) is 6.08 Å². The van der Waals surface area contributed by atoms with Crippen LogP contribution in [0.2, 0.25) is 0 Å². The second kappa shape index (κ2) is 6.94. The van der Waals surface area contributed by atoms with Crippen LogP contribution in [0.3, 0.4) is 0 Å². The molecule has 2 fully saturated rings. The van der Waals surface area contributed by atoms with Crippen molar-refractivity contribution in [1.29, 1.82) is 0 Å². The Bertz CT molecular complexity index is 478. The van der Waals surface area contributed by atoms with Crippen LogP contribution >= 0.6 is 0 Å². The number of rotatable bonds is 4. The molecule has 2 atom stereocenters. The molecule has 0 N–H and O–H groups in total. The van der Waals surface area contributed by atoms with Crippen LogP contribution in [0.1, 0.15) is 37.9 Å². The van der Waals surface area contributed by atoms with Gasteiger partial charge in [0.15, 0.2) is 0 Å². The number of carbonyl (C=O) groups is 1. The maximum absolute atomic E-state index is 11.8. The zero-order chi connectivity index (χ0) is 14.5. The summed E-state index contributed by atoms with van der Waals surface area (Å²) in [6.07, 6.45) is 11.0. The highest BCUT2D eigenvalue weighted by atomic mass is 16.5. The molecule has 3 heterocycles. The second-order valence-corrected chi connectivity index (χ2v) is 5.98. The first kappa shape index (κ1) is 14.4. The molecule has 0 amide bonds. The number of piperidine rings is 2. The van der Waals surface area contributed by atoms with E-state index in [2.05, 4.69) is 4.90 Å². The van der Waals surface area contributed by atoms with Gasteiger partial charge in [-0.05, 0) is 57.0 Å². The average Bonchev–Trinajstić information content (AvgIpc) is 3.04. The summed E-state index contributed by atoms with van der Waals surface area (Å²) < 4.78 is 10.6. The Labute approximate surface area is 125 Å². The number of carbonyl (C=O) groups excluding carboxylic acids is 1. The van der Waals surface area contributed by atoms with E-state index in [-0.39, 0.29) is 5.97 Å². The second-order valence-electron chi connectivity index (χ2n) is 5.98. The Morgan fingerprint density at radius 3 is 3.10 bits per heavy atom. The molecule has 4 nitrogen and oxygen atoms in total. The van der Waals surface area contributed by atoms with Gasteiger partial charge < -0.3 is 9.15 Å². The van der Waals surface area contributed by atoms with Gasteiger partial charge in [-0.15, -0.1) is 0 Å². The van der Waals surface area contributed by atoms with Crippen LogP contribution in [-0.4, -0.2) is 36.6 Å². The first-order valence-electron chi connectivity index (χ1n) is 7.95. The van der Waals surface area contributed by atoms with Gasteiger partial charge in [0.25, 0.3) is 0 Å². The lowest BCUT2D eigenvalue weighted by Crippen LogP contribution is -2.49. The van der Waals surface area contributed by atoms with Crippen molar-refractivity contribution in [3.8, 4) is 0 Å². The molecular weight excluding hydrogens is 266 g/mol. The number of nitrogens with zero attached hydrogens (tertiary/aromatic N) is 1. The highest BCUT2D eigenvalue weighted by molar-refractivity contribution is 5.86. The number of hydrogen-bond donors (Lipinski definition) is 0. The number of ether oxygens (including phenoxy) is 1. The van der Waals surface area contributed by atoms with E-state index in [0.717, 1.165) is 0 Å². The summed E-state index contributed by atoms with van der Waals surface area (Å²) in [5.74, 6) is 0.891. The maximum atomic E-state index is 11.8. The van der Waals surface area contributed by atoms with E-state index in [1.807, 2.05) is 6.07 Å². The zero-order valence-corrected chi connectivity index (χ0v) is 12.4. The lowest BCUT2D eigenvalue weighted by molar-refractivity contribution is -0.140. The molecule has 0 aliphatic carbocycles. The molecule has 0 spiro atoms. The summed E-state index contributed by atoms with van der Waals surface area (Å²) in [5.41, 5.74) is 0. The summed E-state index contributed by atoms with van der Waals surface area (Å²) in [5, 5.41) is 0. The fourth-order valence-corrected chi connectivity index (χ4v) is 3.55. The van der Waals surface area contributed by atoms with Crippen LogP contribution in [0.4, 0.5) is 0 Å². The van der Waals surface area contributed by atoms with Crippen LogP contribution in [0.15, 0.2) is 28.9 Å². The van der Waals surface area contributed by atoms with Crippen LogP contribution in [0, 0.1) is 5.92 Å². The van der Waals surface area contributed by atoms with E-state index in [1.54, 1.807) is 18.4 Å². The average molecular weight is 289 g/mol. The van der Waals surface area contributed by atoms with Gasteiger partial charge >= 0.3 is 5.97 Å². The van der Waals surface area contributed by atoms with Crippen molar-refractivity contribution >= 4 is 12.0 Å². The van der Waals surface area contributed by atoms with E-state index in [4.69, 9.17) is 9.15 Å². The normalized spacial score (nSPS) is 26.7.